The van der Waals surface area contributed by atoms with Gasteiger partial charge < -0.3 is 15.4 Å². The average Bonchev–Trinajstić information content (AvgIpc) is 2.58. The molecule has 0 bridgehead atoms. The Bertz CT molecular complexity index is 745. The third kappa shape index (κ3) is 5.60. The molecule has 0 heterocycles. The van der Waals surface area contributed by atoms with Gasteiger partial charge in [0, 0.05) is 18.2 Å². The van der Waals surface area contributed by atoms with Crippen LogP contribution < -0.4 is 15.4 Å². The van der Waals surface area contributed by atoms with E-state index in [-0.39, 0.29) is 11.6 Å². The van der Waals surface area contributed by atoms with Gasteiger partial charge in [0.2, 0.25) is 5.91 Å². The molecule has 0 aliphatic heterocycles. The summed E-state index contributed by atoms with van der Waals surface area (Å²) in [6, 6.07) is 10.6. The van der Waals surface area contributed by atoms with Crippen molar-refractivity contribution in [2.24, 2.45) is 0 Å². The van der Waals surface area contributed by atoms with Crippen LogP contribution >= 0.6 is 0 Å². The normalized spacial score (nSPS) is 10.2. The SMILES string of the molecule is CCCCOc1ccc(C(=O)Nc2cc(NC(C)=O)ccc2F)cc1. The summed E-state index contributed by atoms with van der Waals surface area (Å²) in [6.07, 6.45) is 2.01. The first-order chi connectivity index (χ1) is 12.0. The molecule has 25 heavy (non-hydrogen) atoms. The summed E-state index contributed by atoms with van der Waals surface area (Å²) in [5, 5.41) is 5.05. The van der Waals surface area contributed by atoms with Crippen LogP contribution in [-0.2, 0) is 4.79 Å². The van der Waals surface area contributed by atoms with E-state index in [0.29, 0.717) is 23.6 Å². The van der Waals surface area contributed by atoms with Crippen molar-refractivity contribution in [3.05, 3.63) is 53.8 Å². The number of amides is 2. The number of anilines is 2. The van der Waals surface area contributed by atoms with Crippen molar-refractivity contribution in [3.63, 3.8) is 0 Å². The van der Waals surface area contributed by atoms with Crippen molar-refractivity contribution < 1.29 is 18.7 Å². The fraction of sp³-hybridized carbons (Fsp3) is 0.263. The van der Waals surface area contributed by atoms with Gasteiger partial charge in [-0.2, -0.15) is 0 Å². The molecule has 6 heteroatoms. The van der Waals surface area contributed by atoms with Crippen LogP contribution in [0.3, 0.4) is 0 Å². The molecule has 2 amide bonds. The number of nitrogens with one attached hydrogen (secondary N) is 2. The minimum atomic E-state index is -0.582. The van der Waals surface area contributed by atoms with Crippen molar-refractivity contribution in [1.82, 2.24) is 0 Å². The zero-order chi connectivity index (χ0) is 18.2. The lowest BCUT2D eigenvalue weighted by atomic mass is 10.2. The van der Waals surface area contributed by atoms with Crippen LogP contribution in [0.2, 0.25) is 0 Å². The van der Waals surface area contributed by atoms with Gasteiger partial charge in [0.05, 0.1) is 12.3 Å². The highest BCUT2D eigenvalue weighted by Gasteiger charge is 2.11. The predicted molar refractivity (Wildman–Crippen MR) is 95.5 cm³/mol. The van der Waals surface area contributed by atoms with E-state index in [4.69, 9.17) is 4.74 Å². The monoisotopic (exact) mass is 344 g/mol. The first kappa shape index (κ1) is 18.4. The van der Waals surface area contributed by atoms with Gasteiger partial charge in [-0.15, -0.1) is 0 Å². The molecule has 2 rings (SSSR count). The number of carbonyl (C=O) groups excluding carboxylic acids is 2. The molecule has 0 aliphatic carbocycles. The van der Waals surface area contributed by atoms with Crippen LogP contribution in [0.1, 0.15) is 37.0 Å². The summed E-state index contributed by atoms with van der Waals surface area (Å²) in [5.74, 6) is -0.618. The van der Waals surface area contributed by atoms with E-state index in [0.717, 1.165) is 12.8 Å². The number of rotatable bonds is 7. The predicted octanol–water partition coefficient (Wildman–Crippen LogP) is 4.22. The summed E-state index contributed by atoms with van der Waals surface area (Å²) in [5.41, 5.74) is 0.788. The lowest BCUT2D eigenvalue weighted by molar-refractivity contribution is -0.114. The van der Waals surface area contributed by atoms with Gasteiger partial charge in [-0.25, -0.2) is 4.39 Å². The van der Waals surface area contributed by atoms with Crippen LogP contribution in [0.5, 0.6) is 5.75 Å². The fourth-order valence-electron chi connectivity index (χ4n) is 2.13. The molecule has 0 saturated heterocycles. The van der Waals surface area contributed by atoms with Gasteiger partial charge in [-0.3, -0.25) is 9.59 Å². The Hall–Kier alpha value is -2.89. The summed E-state index contributed by atoms with van der Waals surface area (Å²) in [4.78, 5) is 23.3. The third-order valence-corrected chi connectivity index (χ3v) is 3.42. The average molecular weight is 344 g/mol. The van der Waals surface area contributed by atoms with Gasteiger partial charge in [0.15, 0.2) is 0 Å². The van der Waals surface area contributed by atoms with Crippen LogP contribution in [-0.4, -0.2) is 18.4 Å². The summed E-state index contributed by atoms with van der Waals surface area (Å²) < 4.78 is 19.4. The van der Waals surface area contributed by atoms with Crippen LogP contribution in [0.4, 0.5) is 15.8 Å². The summed E-state index contributed by atoms with van der Waals surface area (Å²) in [6.45, 7) is 4.06. The molecule has 0 atom stereocenters. The lowest BCUT2D eigenvalue weighted by Gasteiger charge is -2.10. The van der Waals surface area contributed by atoms with Gasteiger partial charge in [-0.1, -0.05) is 13.3 Å². The van der Waals surface area contributed by atoms with E-state index in [9.17, 15) is 14.0 Å². The van der Waals surface area contributed by atoms with Crippen molar-refractivity contribution in [2.45, 2.75) is 26.7 Å². The highest BCUT2D eigenvalue weighted by Crippen LogP contribution is 2.21. The number of halogens is 1. The summed E-state index contributed by atoms with van der Waals surface area (Å²) >= 11 is 0. The molecular weight excluding hydrogens is 323 g/mol. The third-order valence-electron chi connectivity index (χ3n) is 3.42. The molecule has 2 aromatic carbocycles. The highest BCUT2D eigenvalue weighted by molar-refractivity contribution is 6.04. The van der Waals surface area contributed by atoms with Gasteiger partial charge in [0.25, 0.3) is 5.91 Å². The molecule has 0 aromatic heterocycles. The number of hydrogen-bond acceptors (Lipinski definition) is 3. The van der Waals surface area contributed by atoms with E-state index in [1.807, 2.05) is 0 Å². The molecule has 5 nitrogen and oxygen atoms in total. The van der Waals surface area contributed by atoms with Crippen molar-refractivity contribution >= 4 is 23.2 Å². The quantitative estimate of drug-likeness (QED) is 0.739. The van der Waals surface area contributed by atoms with Gasteiger partial charge in [0.1, 0.15) is 11.6 Å². The Kier molecular flexibility index (Phi) is 6.51. The molecular formula is C19H21FN2O3. The second-order valence-electron chi connectivity index (χ2n) is 5.56. The number of hydrogen-bond donors (Lipinski definition) is 2. The molecule has 0 saturated carbocycles. The number of unbranched alkanes of at least 4 members (excludes halogenated alkanes) is 1. The fourth-order valence-corrected chi connectivity index (χ4v) is 2.13. The Labute approximate surface area is 146 Å². The smallest absolute Gasteiger partial charge is 0.255 e. The first-order valence-corrected chi connectivity index (χ1v) is 8.11. The van der Waals surface area contributed by atoms with Crippen LogP contribution in [0, 0.1) is 5.82 Å². The maximum absolute atomic E-state index is 13.9. The van der Waals surface area contributed by atoms with E-state index in [1.54, 1.807) is 24.3 Å². The zero-order valence-corrected chi connectivity index (χ0v) is 14.3. The minimum Gasteiger partial charge on any atom is -0.494 e. The number of benzene rings is 2. The van der Waals surface area contributed by atoms with Crippen LogP contribution in [0.25, 0.3) is 0 Å². The number of ether oxygens (including phenoxy) is 1. The maximum Gasteiger partial charge on any atom is 0.255 e. The van der Waals surface area contributed by atoms with Crippen molar-refractivity contribution in [1.29, 1.82) is 0 Å². The minimum absolute atomic E-state index is 0.000442. The molecule has 132 valence electrons. The Morgan fingerprint density at radius 3 is 2.44 bits per heavy atom. The molecule has 0 fully saturated rings. The topological polar surface area (TPSA) is 67.4 Å². The van der Waals surface area contributed by atoms with Crippen molar-refractivity contribution in [3.8, 4) is 5.75 Å². The second kappa shape index (κ2) is 8.82. The van der Waals surface area contributed by atoms with E-state index < -0.39 is 11.7 Å². The van der Waals surface area contributed by atoms with Gasteiger partial charge in [-0.05, 0) is 48.9 Å². The van der Waals surface area contributed by atoms with Gasteiger partial charge >= 0.3 is 0 Å². The Morgan fingerprint density at radius 1 is 1.08 bits per heavy atom. The van der Waals surface area contributed by atoms with E-state index in [2.05, 4.69) is 17.6 Å². The molecule has 2 N–H and O–H groups in total. The standard InChI is InChI=1S/C19H21FN2O3/c1-3-4-11-25-16-8-5-14(6-9-16)19(24)22-18-12-15(21-13(2)23)7-10-17(18)20/h5-10,12H,3-4,11H2,1-2H3,(H,21,23)(H,22,24). The Balaban J connectivity index is 2.05. The van der Waals surface area contributed by atoms with E-state index >= 15 is 0 Å². The maximum atomic E-state index is 13.9. The first-order valence-electron chi connectivity index (χ1n) is 8.11. The number of carbonyl (C=O) groups is 2. The molecule has 0 aliphatic rings. The molecule has 0 spiro atoms. The zero-order valence-electron chi connectivity index (χ0n) is 14.3. The summed E-state index contributed by atoms with van der Waals surface area (Å²) in [7, 11) is 0. The largest absolute Gasteiger partial charge is 0.494 e. The highest BCUT2D eigenvalue weighted by atomic mass is 19.1. The lowest BCUT2D eigenvalue weighted by Crippen LogP contribution is -2.14. The molecule has 0 unspecified atom stereocenters. The van der Waals surface area contributed by atoms with E-state index in [1.165, 1.54) is 25.1 Å². The Morgan fingerprint density at radius 2 is 1.80 bits per heavy atom. The molecule has 0 radical (unpaired) electrons. The van der Waals surface area contributed by atoms with Crippen LogP contribution in [0.15, 0.2) is 42.5 Å². The van der Waals surface area contributed by atoms with Crippen molar-refractivity contribution in [2.75, 3.05) is 17.2 Å². The second-order valence-corrected chi connectivity index (χ2v) is 5.56. The molecule has 2 aromatic rings.